The van der Waals surface area contributed by atoms with Crippen molar-refractivity contribution in [2.24, 2.45) is 5.92 Å². The molecule has 0 spiro atoms. The van der Waals surface area contributed by atoms with Crippen molar-refractivity contribution >= 4 is 138 Å². The van der Waals surface area contributed by atoms with Crippen LogP contribution in [0.5, 0.6) is 0 Å². The Bertz CT molecular complexity index is 6260. The fraction of sp³-hybridized carbons (Fsp3) is 0.393. The molecule has 3 N–H and O–H groups in total. The van der Waals surface area contributed by atoms with Crippen molar-refractivity contribution in [3.8, 4) is 0 Å². The van der Waals surface area contributed by atoms with Gasteiger partial charge in [-0.2, -0.15) is 4.98 Å². The van der Waals surface area contributed by atoms with Gasteiger partial charge in [0.15, 0.2) is 71.2 Å². The number of fused-ring (bicyclic) bond motifs is 5. The molecule has 38 heteroatoms. The van der Waals surface area contributed by atoms with Gasteiger partial charge in [0.25, 0.3) is 37.4 Å². The summed E-state index contributed by atoms with van der Waals surface area (Å²) in [5.74, 6) is -0.571. The molecule has 0 aliphatic carbocycles. The molecule has 13 aromatic rings. The van der Waals surface area contributed by atoms with Crippen LogP contribution in [0.1, 0.15) is 132 Å². The Labute approximate surface area is 848 Å². The van der Waals surface area contributed by atoms with Crippen LogP contribution < -0.4 is 52.8 Å². The Kier molecular flexibility index (Phi) is 31.4. The molecule has 21 atom stereocenters. The molecule has 22 rings (SSSR count). The van der Waals surface area contributed by atoms with E-state index in [0.717, 1.165) is 80.9 Å². The first-order chi connectivity index (χ1) is 70.6. The number of aromatic nitrogens is 10. The number of carbonyl (C=O) groups is 3. The molecule has 3 amide bonds. The molecule has 145 heavy (non-hydrogen) atoms. The molecule has 14 heterocycles. The molecule has 5 aromatic heterocycles. The van der Waals surface area contributed by atoms with Gasteiger partial charge < -0.3 is 57.3 Å². The van der Waals surface area contributed by atoms with Crippen LogP contribution in [0, 0.1) is 5.92 Å². The normalized spacial score (nSPS) is 27.3. The third-order valence-corrected chi connectivity index (χ3v) is 48.7. The largest absolute Gasteiger partial charge is 0.351 e. The zero-order chi connectivity index (χ0) is 100. The van der Waals surface area contributed by atoms with Crippen LogP contribution in [0.3, 0.4) is 0 Å². The maximum Gasteiger partial charge on any atom is 0.351 e. The zero-order valence-corrected chi connectivity index (χ0v) is 87.9. The van der Waals surface area contributed by atoms with Gasteiger partial charge in [0.1, 0.15) is 61.0 Å². The lowest BCUT2D eigenvalue weighted by molar-refractivity contribution is -0.118. The van der Waals surface area contributed by atoms with Gasteiger partial charge in [-0.15, -0.1) is 0 Å². The smallest absolute Gasteiger partial charge is 0.349 e. The lowest BCUT2D eigenvalue weighted by Gasteiger charge is -2.32. The van der Waals surface area contributed by atoms with Gasteiger partial charge in [-0.05, 0) is 106 Å². The number of benzene rings is 8. The maximum atomic E-state index is 16.7. The minimum absolute atomic E-state index is 0.0178. The predicted molar refractivity (Wildman–Crippen MR) is 564 cm³/mol. The number of nitrogens with zero attached hydrogens (tertiary/aromatic N) is 13. The summed E-state index contributed by atoms with van der Waals surface area (Å²) in [5, 5.41) is 16.4. The number of hydrogen-bond acceptors (Lipinski definition) is 23. The van der Waals surface area contributed by atoms with Crippen LogP contribution in [-0.2, 0) is 46.1 Å². The highest BCUT2D eigenvalue weighted by molar-refractivity contribution is 7.45. The molecule has 9 aliphatic heterocycles. The number of halogens is 3. The molecule has 9 aliphatic rings. The number of alkyl halides is 3. The third kappa shape index (κ3) is 21.0. The van der Waals surface area contributed by atoms with Gasteiger partial charge in [0.05, 0.1) is 49.3 Å². The van der Waals surface area contributed by atoms with E-state index in [1.54, 1.807) is 71.5 Å². The summed E-state index contributed by atoms with van der Waals surface area (Å²) in [5.41, 5.74) is 1.69. The van der Waals surface area contributed by atoms with Crippen molar-refractivity contribution in [2.45, 2.75) is 240 Å². The molecular formula is C107H122F3N16O13P3Si3. The highest BCUT2D eigenvalue weighted by atomic mass is 31.2. The van der Waals surface area contributed by atoms with E-state index in [9.17, 15) is 19.2 Å². The second-order valence-electron chi connectivity index (χ2n) is 39.4. The van der Waals surface area contributed by atoms with Crippen LogP contribution in [0.25, 0.3) is 22.3 Å². The summed E-state index contributed by atoms with van der Waals surface area (Å²) in [6.45, 7) is 19.2. The van der Waals surface area contributed by atoms with Crippen molar-refractivity contribution in [2.75, 3.05) is 35.6 Å². The summed E-state index contributed by atoms with van der Waals surface area (Å²) < 4.78 is 120. The summed E-state index contributed by atoms with van der Waals surface area (Å²) in [7, 11) is -11.1. The van der Waals surface area contributed by atoms with E-state index >= 15 is 13.2 Å². The van der Waals surface area contributed by atoms with Crippen molar-refractivity contribution in [1.29, 1.82) is 0 Å². The Morgan fingerprint density at radius 3 is 0.986 bits per heavy atom. The number of amides is 3. The van der Waals surface area contributed by atoms with Crippen molar-refractivity contribution in [3.63, 3.8) is 0 Å². The van der Waals surface area contributed by atoms with Crippen molar-refractivity contribution in [1.82, 2.24) is 62.6 Å². The Hall–Kier alpha value is -10.6. The standard InChI is InChI=1S/2C37H40FN6O4PSi.C33H42FN4O5PSi/c2*1-3-29-33(31(38)37(46-29)43-24-41-32-34(39-23-40-35(32)43)42-36(45)25-14-7-4-8-15-25)48-49-44-21-13-20-28(44)30(47-49)22-50(2,26-16-9-5-10-17-26)27-18-11-6-12-19-27;1-5-26-30(29(34)32(41-26)37-20-18-28(36-33(37)40)35-31(39)22(2)3)43-44-38-19-12-17-25(38)27(42-44)21-45(4,23-13-8-6-9-14-23)24-15-10-7-11-16-24/h2*4-12,14-19,23-24,28-31,33,37H,3,13,20-22H2,1-2H3,(H,39,40,42,45);6-11,13-16,18,20,22,25-27,29-30,32H,5,12,17,19,21H2,1-4H3,(H,35,36,39,40)/t28-,29+,30+,31-,33?,37+,49+;28-,29-,30+,31+,33?,37-,49+;25-,26+,27+,29-,30?,32+,44+/m010/s1. The molecule has 8 aromatic carbocycles. The van der Waals surface area contributed by atoms with Gasteiger partial charge in [0, 0.05) is 61.0 Å². The number of carbonyl (C=O) groups excluding carboxylic acids is 3. The molecule has 0 bridgehead atoms. The highest BCUT2D eigenvalue weighted by Gasteiger charge is 2.59. The zero-order valence-electron chi connectivity index (χ0n) is 82.2. The first-order valence-electron chi connectivity index (χ1n) is 50.5. The molecule has 0 radical (unpaired) electrons. The van der Waals surface area contributed by atoms with E-state index in [1.807, 2.05) is 32.9 Å². The van der Waals surface area contributed by atoms with Crippen LogP contribution in [0.2, 0.25) is 37.8 Å². The average Bonchev–Trinajstić information content (AvgIpc) is 1.60. The fourth-order valence-corrected chi connectivity index (χ4v) is 39.9. The van der Waals surface area contributed by atoms with Gasteiger partial charge in [-0.3, -0.25) is 28.1 Å². The summed E-state index contributed by atoms with van der Waals surface area (Å²) in [6.07, 6.45) is 2.92. The Morgan fingerprint density at radius 2 is 0.697 bits per heavy atom. The molecule has 9 saturated heterocycles. The predicted octanol–water partition coefficient (Wildman–Crippen LogP) is 17.0. The monoisotopic (exact) mass is 2070 g/mol. The number of nitrogens with one attached hydrogen (secondary N) is 3. The molecular weight excluding hydrogens is 1950 g/mol. The van der Waals surface area contributed by atoms with Crippen molar-refractivity contribution < 1.29 is 68.9 Å². The van der Waals surface area contributed by atoms with Crippen LogP contribution in [0.15, 0.2) is 285 Å². The molecule has 0 saturated carbocycles. The van der Waals surface area contributed by atoms with E-state index in [-0.39, 0.29) is 77.5 Å². The highest BCUT2D eigenvalue weighted by Crippen LogP contribution is 2.63. The molecule has 29 nitrogen and oxygen atoms in total. The number of anilines is 3. The fourth-order valence-electron chi connectivity index (χ4n) is 22.0. The van der Waals surface area contributed by atoms with Gasteiger partial charge in [0.2, 0.25) is 5.91 Å². The first kappa shape index (κ1) is 102. The molecule has 9 fully saturated rings. The Morgan fingerprint density at radius 1 is 0.400 bits per heavy atom. The van der Waals surface area contributed by atoms with E-state index < -0.39 is 129 Å². The number of hydrogen-bond donors (Lipinski definition) is 3. The third-order valence-electron chi connectivity index (χ3n) is 30.0. The summed E-state index contributed by atoms with van der Waals surface area (Å²) in [6, 6.07) is 87.3. The van der Waals surface area contributed by atoms with Crippen LogP contribution in [0.4, 0.5) is 30.6 Å². The lowest BCUT2D eigenvalue weighted by Crippen LogP contribution is -2.58. The van der Waals surface area contributed by atoms with E-state index in [4.69, 9.17) is 41.4 Å². The Balaban J connectivity index is 0.000000133. The SMILES string of the molecule is CC[C@H]1O[C@@H](n2ccc(NC(=O)C(C)C)nc2=O)[C@@H](F)C1O[P@@]1O[C@H](C[Si](C)(c2ccccc2)c2ccccc2)[C@@H]2CCCN21.CC[C@H]1O[C@@H](n2cnc3c(NC(=O)c4ccccc4)ncnc32)[C@@H](F)C1O[P@@]1O[C@H](C[Si](C)(c2ccccc2)c2ccccc2)[C@@H]2CCCN21.CC[C@H]1O[C@@H](n2cnc3c(NC(=O)c4ccccc4)ncnc32)[C@@H](F)C1O[P@]1O[C@@H](C[Si](C)(c2ccccc2)c2ccccc2)[C@H]2CCCN21. The summed E-state index contributed by atoms with van der Waals surface area (Å²) >= 11 is 0. The summed E-state index contributed by atoms with van der Waals surface area (Å²) in [4.78, 5) is 80.9. The van der Waals surface area contributed by atoms with Gasteiger partial charge >= 0.3 is 5.69 Å². The van der Waals surface area contributed by atoms with E-state index in [1.165, 1.54) is 68.7 Å². The minimum atomic E-state index is -2.19. The topological polar surface area (TPSA) is 302 Å². The van der Waals surface area contributed by atoms with Gasteiger partial charge in [-0.1, -0.05) is 304 Å². The van der Waals surface area contributed by atoms with E-state index in [2.05, 4.69) is 266 Å². The molecule has 756 valence electrons. The second kappa shape index (κ2) is 44.8. The van der Waals surface area contributed by atoms with Crippen molar-refractivity contribution in [3.05, 3.63) is 302 Å². The van der Waals surface area contributed by atoms with Crippen LogP contribution in [-0.4, -0.2) is 216 Å². The minimum Gasteiger partial charge on any atom is -0.349 e. The van der Waals surface area contributed by atoms with Crippen LogP contribution >= 0.6 is 25.6 Å². The lowest BCUT2D eigenvalue weighted by atomic mass is 10.1. The maximum absolute atomic E-state index is 16.7. The second-order valence-corrected chi connectivity index (χ2v) is 56.3. The quantitative estimate of drug-likeness (QED) is 0.0278. The number of rotatable bonds is 30. The molecule has 3 unspecified atom stereocenters. The number of imidazole rings is 2. The first-order valence-corrected chi connectivity index (χ1v) is 62.0. The number of ether oxygens (including phenoxy) is 3. The van der Waals surface area contributed by atoms with E-state index in [0.29, 0.717) is 52.7 Å². The average molecular weight is 2070 g/mol. The van der Waals surface area contributed by atoms with Gasteiger partial charge in [-0.25, -0.2) is 61.9 Å².